The number of nitrogens with one attached hydrogen (secondary N) is 1. The second kappa shape index (κ2) is 6.97. The lowest BCUT2D eigenvalue weighted by Gasteiger charge is -2.18. The lowest BCUT2D eigenvalue weighted by Crippen LogP contribution is -2.19. The maximum absolute atomic E-state index is 4.24. The third-order valence-electron chi connectivity index (χ3n) is 3.07. The van der Waals surface area contributed by atoms with Crippen molar-refractivity contribution in [3.63, 3.8) is 0 Å². The predicted octanol–water partition coefficient (Wildman–Crippen LogP) is 3.19. The van der Waals surface area contributed by atoms with Crippen molar-refractivity contribution >= 4 is 11.5 Å². The van der Waals surface area contributed by atoms with Gasteiger partial charge in [0.05, 0.1) is 10.6 Å². The van der Waals surface area contributed by atoms with E-state index in [0.29, 0.717) is 6.04 Å². The first-order chi connectivity index (χ1) is 7.72. The lowest BCUT2D eigenvalue weighted by atomic mass is 9.97. The van der Waals surface area contributed by atoms with E-state index in [-0.39, 0.29) is 0 Å². The Morgan fingerprint density at radius 3 is 2.69 bits per heavy atom. The van der Waals surface area contributed by atoms with Crippen molar-refractivity contribution in [2.75, 3.05) is 7.05 Å². The summed E-state index contributed by atoms with van der Waals surface area (Å²) in [7, 11) is 2.03. The fourth-order valence-corrected chi connectivity index (χ4v) is 2.63. The molecule has 0 saturated heterocycles. The number of aromatic nitrogens is 2. The first-order valence-corrected chi connectivity index (χ1v) is 6.98. The number of nitrogens with zero attached hydrogens (tertiary/aromatic N) is 2. The van der Waals surface area contributed by atoms with Crippen LogP contribution in [0.2, 0.25) is 0 Å². The quantitative estimate of drug-likeness (QED) is 0.796. The van der Waals surface area contributed by atoms with Crippen LogP contribution in [-0.2, 0) is 6.42 Å². The minimum atomic E-state index is 0.427. The molecule has 0 aliphatic heterocycles. The van der Waals surface area contributed by atoms with Gasteiger partial charge in [0.1, 0.15) is 0 Å². The average Bonchev–Trinajstić information content (AvgIpc) is 2.74. The second-order valence-electron chi connectivity index (χ2n) is 4.42. The van der Waals surface area contributed by atoms with Crippen molar-refractivity contribution in [1.29, 1.82) is 0 Å². The van der Waals surface area contributed by atoms with Crippen LogP contribution in [0.4, 0.5) is 0 Å². The number of aryl methyl sites for hydroxylation is 1. The Labute approximate surface area is 103 Å². The number of hydrogen-bond acceptors (Lipinski definition) is 4. The van der Waals surface area contributed by atoms with E-state index in [1.165, 1.54) is 23.4 Å². The van der Waals surface area contributed by atoms with Crippen molar-refractivity contribution in [3.8, 4) is 0 Å². The van der Waals surface area contributed by atoms with Crippen LogP contribution < -0.4 is 5.32 Å². The highest BCUT2D eigenvalue weighted by molar-refractivity contribution is 7.05. The van der Waals surface area contributed by atoms with Gasteiger partial charge in [-0.15, -0.1) is 5.10 Å². The molecule has 0 aliphatic carbocycles. The molecule has 0 bridgehead atoms. The molecule has 0 amide bonds. The van der Waals surface area contributed by atoms with Crippen molar-refractivity contribution in [2.24, 2.45) is 5.92 Å². The Morgan fingerprint density at radius 1 is 1.38 bits per heavy atom. The van der Waals surface area contributed by atoms with Crippen LogP contribution in [0.5, 0.6) is 0 Å². The van der Waals surface area contributed by atoms with Gasteiger partial charge >= 0.3 is 0 Å². The molecule has 1 N–H and O–H groups in total. The summed E-state index contributed by atoms with van der Waals surface area (Å²) in [5.41, 5.74) is 1.19. The Hall–Kier alpha value is -0.480. The molecule has 1 aromatic rings. The maximum Gasteiger partial charge on any atom is 0.0803 e. The van der Waals surface area contributed by atoms with Gasteiger partial charge in [0.2, 0.25) is 0 Å². The molecule has 0 spiro atoms. The molecule has 0 aliphatic rings. The van der Waals surface area contributed by atoms with Gasteiger partial charge in [0, 0.05) is 6.04 Å². The number of rotatable bonds is 7. The Bertz CT molecular complexity index is 298. The summed E-state index contributed by atoms with van der Waals surface area (Å²) in [4.78, 5) is 1.34. The highest BCUT2D eigenvalue weighted by atomic mass is 32.1. The Kier molecular flexibility index (Phi) is 5.91. The van der Waals surface area contributed by atoms with Crippen molar-refractivity contribution in [2.45, 2.75) is 52.5 Å². The van der Waals surface area contributed by atoms with Gasteiger partial charge in [-0.1, -0.05) is 38.1 Å². The van der Waals surface area contributed by atoms with Gasteiger partial charge in [-0.05, 0) is 37.3 Å². The van der Waals surface area contributed by atoms with Crippen LogP contribution in [0.25, 0.3) is 0 Å². The third kappa shape index (κ3) is 3.52. The van der Waals surface area contributed by atoms with E-state index in [1.807, 2.05) is 7.05 Å². The van der Waals surface area contributed by atoms with Crippen LogP contribution in [0, 0.1) is 5.92 Å². The van der Waals surface area contributed by atoms with E-state index >= 15 is 0 Å². The van der Waals surface area contributed by atoms with E-state index in [1.54, 1.807) is 11.5 Å². The zero-order chi connectivity index (χ0) is 12.0. The van der Waals surface area contributed by atoms with E-state index in [0.717, 1.165) is 18.8 Å². The maximum atomic E-state index is 4.24. The molecule has 1 aromatic heterocycles. The van der Waals surface area contributed by atoms with E-state index < -0.39 is 0 Å². The molecule has 0 fully saturated rings. The van der Waals surface area contributed by atoms with Crippen molar-refractivity contribution in [1.82, 2.24) is 14.9 Å². The highest BCUT2D eigenvalue weighted by Gasteiger charge is 2.19. The summed E-state index contributed by atoms with van der Waals surface area (Å²) in [6.07, 6.45) is 4.59. The van der Waals surface area contributed by atoms with Crippen LogP contribution in [0.3, 0.4) is 0 Å². The number of hydrogen-bond donors (Lipinski definition) is 1. The minimum Gasteiger partial charge on any atom is -0.312 e. The van der Waals surface area contributed by atoms with Gasteiger partial charge in [0.25, 0.3) is 0 Å². The summed E-state index contributed by atoms with van der Waals surface area (Å²) >= 11 is 1.55. The van der Waals surface area contributed by atoms with Crippen LogP contribution in [0.1, 0.15) is 56.6 Å². The molecule has 0 saturated carbocycles. The SMILES string of the molecule is CCCc1nnsc1C(CC(C)CC)NC. The minimum absolute atomic E-state index is 0.427. The fraction of sp³-hybridized carbons (Fsp3) is 0.833. The molecule has 0 radical (unpaired) electrons. The monoisotopic (exact) mass is 241 g/mol. The van der Waals surface area contributed by atoms with Gasteiger partial charge in [0.15, 0.2) is 0 Å². The summed E-state index contributed by atoms with van der Waals surface area (Å²) in [6, 6.07) is 0.427. The molecule has 1 rings (SSSR count). The summed E-state index contributed by atoms with van der Waals surface area (Å²) < 4.78 is 4.09. The summed E-state index contributed by atoms with van der Waals surface area (Å²) in [5, 5.41) is 7.64. The van der Waals surface area contributed by atoms with E-state index in [2.05, 4.69) is 35.7 Å². The molecule has 3 nitrogen and oxygen atoms in total. The van der Waals surface area contributed by atoms with Crippen LogP contribution >= 0.6 is 11.5 Å². The summed E-state index contributed by atoms with van der Waals surface area (Å²) in [6.45, 7) is 6.74. The van der Waals surface area contributed by atoms with Crippen LogP contribution in [0.15, 0.2) is 0 Å². The summed E-state index contributed by atoms with van der Waals surface area (Å²) in [5.74, 6) is 0.744. The van der Waals surface area contributed by atoms with Gasteiger partial charge in [-0.2, -0.15) is 0 Å². The van der Waals surface area contributed by atoms with Crippen molar-refractivity contribution in [3.05, 3.63) is 10.6 Å². The van der Waals surface area contributed by atoms with E-state index in [4.69, 9.17) is 0 Å². The molecule has 2 unspecified atom stereocenters. The molecule has 92 valence electrons. The first kappa shape index (κ1) is 13.6. The first-order valence-electron chi connectivity index (χ1n) is 6.21. The highest BCUT2D eigenvalue weighted by Crippen LogP contribution is 2.27. The normalized spacial score (nSPS) is 15.0. The third-order valence-corrected chi connectivity index (χ3v) is 3.95. The van der Waals surface area contributed by atoms with Crippen molar-refractivity contribution < 1.29 is 0 Å². The Morgan fingerprint density at radius 2 is 2.12 bits per heavy atom. The van der Waals surface area contributed by atoms with Crippen LogP contribution in [-0.4, -0.2) is 16.6 Å². The standard InChI is InChI=1S/C12H23N3S/c1-5-7-10-12(16-15-14-10)11(13-4)8-9(3)6-2/h9,11,13H,5-8H2,1-4H3. The zero-order valence-corrected chi connectivity index (χ0v) is 11.6. The van der Waals surface area contributed by atoms with Gasteiger partial charge < -0.3 is 5.32 Å². The molecule has 4 heteroatoms. The van der Waals surface area contributed by atoms with Gasteiger partial charge in [-0.3, -0.25) is 0 Å². The smallest absolute Gasteiger partial charge is 0.0803 e. The topological polar surface area (TPSA) is 37.8 Å². The largest absolute Gasteiger partial charge is 0.312 e. The van der Waals surface area contributed by atoms with Gasteiger partial charge in [-0.25, -0.2) is 0 Å². The molecule has 16 heavy (non-hydrogen) atoms. The molecule has 1 heterocycles. The molecule has 2 atom stereocenters. The lowest BCUT2D eigenvalue weighted by molar-refractivity contribution is 0.424. The average molecular weight is 241 g/mol. The fourth-order valence-electron chi connectivity index (χ4n) is 1.82. The molecule has 0 aromatic carbocycles. The Balaban J connectivity index is 2.73. The second-order valence-corrected chi connectivity index (χ2v) is 5.21. The predicted molar refractivity (Wildman–Crippen MR) is 69.8 cm³/mol. The zero-order valence-electron chi connectivity index (χ0n) is 10.8. The molecular formula is C12H23N3S. The molecular weight excluding hydrogens is 218 g/mol. The van der Waals surface area contributed by atoms with E-state index in [9.17, 15) is 0 Å².